The van der Waals surface area contributed by atoms with E-state index in [1.807, 2.05) is 10.7 Å². The molecule has 1 aromatic heterocycles. The van der Waals surface area contributed by atoms with E-state index in [9.17, 15) is 8.42 Å². The lowest BCUT2D eigenvalue weighted by Gasteiger charge is -2.25. The van der Waals surface area contributed by atoms with Crippen molar-refractivity contribution >= 4 is 10.0 Å². The number of rotatable bonds is 5. The number of aromatic nitrogens is 2. The minimum absolute atomic E-state index is 0.183. The van der Waals surface area contributed by atoms with E-state index in [4.69, 9.17) is 0 Å². The minimum atomic E-state index is -3.43. The van der Waals surface area contributed by atoms with Gasteiger partial charge in [-0.3, -0.25) is 4.68 Å². The highest BCUT2D eigenvalue weighted by molar-refractivity contribution is 7.89. The van der Waals surface area contributed by atoms with Crippen LogP contribution in [0.15, 0.2) is 47.5 Å². The van der Waals surface area contributed by atoms with E-state index in [1.165, 1.54) is 0 Å². The Balaban J connectivity index is 1.60. The normalized spacial score (nSPS) is 18.4. The van der Waals surface area contributed by atoms with E-state index in [2.05, 4.69) is 15.1 Å². The summed E-state index contributed by atoms with van der Waals surface area (Å²) >= 11 is 0. The Kier molecular flexibility index (Phi) is 4.05. The van der Waals surface area contributed by atoms with E-state index >= 15 is 0 Å². The summed E-state index contributed by atoms with van der Waals surface area (Å²) in [6, 6.07) is 10.6. The van der Waals surface area contributed by atoms with Crippen molar-refractivity contribution in [1.82, 2.24) is 19.8 Å². The van der Waals surface area contributed by atoms with Gasteiger partial charge in [-0.15, -0.1) is 0 Å². The predicted molar refractivity (Wildman–Crippen MR) is 79.2 cm³/mol. The molecule has 1 aliphatic heterocycles. The van der Waals surface area contributed by atoms with Crippen LogP contribution in [0.4, 0.5) is 0 Å². The lowest BCUT2D eigenvalue weighted by molar-refractivity contribution is 0.349. The van der Waals surface area contributed by atoms with Crippen LogP contribution in [-0.4, -0.2) is 31.3 Å². The molecule has 1 atom stereocenters. The van der Waals surface area contributed by atoms with Gasteiger partial charge >= 0.3 is 0 Å². The summed E-state index contributed by atoms with van der Waals surface area (Å²) in [4.78, 5) is 0.298. The molecule has 0 fully saturated rings. The van der Waals surface area contributed by atoms with Crippen molar-refractivity contribution in [3.8, 4) is 0 Å². The highest BCUT2D eigenvalue weighted by atomic mass is 32.2. The van der Waals surface area contributed by atoms with Gasteiger partial charge in [0.25, 0.3) is 0 Å². The first kappa shape index (κ1) is 14.2. The van der Waals surface area contributed by atoms with Gasteiger partial charge in [-0.05, 0) is 24.6 Å². The van der Waals surface area contributed by atoms with Crippen LogP contribution in [0.3, 0.4) is 0 Å². The maximum Gasteiger partial charge on any atom is 0.240 e. The van der Waals surface area contributed by atoms with E-state index in [-0.39, 0.29) is 6.04 Å². The molecule has 21 heavy (non-hydrogen) atoms. The van der Waals surface area contributed by atoms with Crippen LogP contribution >= 0.6 is 0 Å². The number of benzene rings is 1. The van der Waals surface area contributed by atoms with Crippen LogP contribution in [0.1, 0.15) is 18.2 Å². The standard InChI is InChI=1S/C14H18N4O2S/c19-21(20,14-4-2-1-3-5-14)17-9-7-13-11-15-10-12-6-8-16-18(12)13/h1-6,8,13,15,17H,7,9-11H2. The second kappa shape index (κ2) is 5.97. The Labute approximate surface area is 124 Å². The maximum absolute atomic E-state index is 12.1. The van der Waals surface area contributed by atoms with Crippen molar-refractivity contribution < 1.29 is 8.42 Å². The van der Waals surface area contributed by atoms with Gasteiger partial charge in [0.05, 0.1) is 16.6 Å². The Morgan fingerprint density at radius 1 is 1.29 bits per heavy atom. The Morgan fingerprint density at radius 3 is 2.90 bits per heavy atom. The molecule has 2 aromatic rings. The molecule has 3 rings (SSSR count). The van der Waals surface area contributed by atoms with E-state index in [1.54, 1.807) is 36.5 Å². The first-order valence-electron chi connectivity index (χ1n) is 6.94. The molecule has 0 radical (unpaired) electrons. The van der Waals surface area contributed by atoms with Gasteiger partial charge in [0, 0.05) is 25.8 Å². The SMILES string of the molecule is O=S(=O)(NCCC1CNCc2ccnn21)c1ccccc1. The zero-order chi connectivity index (χ0) is 14.7. The van der Waals surface area contributed by atoms with Crippen molar-refractivity contribution in [3.05, 3.63) is 48.3 Å². The van der Waals surface area contributed by atoms with Crippen molar-refractivity contribution in [2.45, 2.75) is 23.9 Å². The third-order valence-corrected chi connectivity index (χ3v) is 5.08. The monoisotopic (exact) mass is 306 g/mol. The van der Waals surface area contributed by atoms with E-state index in [0.29, 0.717) is 17.9 Å². The summed E-state index contributed by atoms with van der Waals surface area (Å²) in [5.74, 6) is 0. The third kappa shape index (κ3) is 3.15. The first-order valence-corrected chi connectivity index (χ1v) is 8.43. The number of hydrogen-bond donors (Lipinski definition) is 2. The molecule has 0 aliphatic carbocycles. The summed E-state index contributed by atoms with van der Waals surface area (Å²) in [6.45, 7) is 2.01. The number of nitrogens with zero attached hydrogens (tertiary/aromatic N) is 2. The van der Waals surface area contributed by atoms with Crippen LogP contribution in [0.5, 0.6) is 0 Å². The van der Waals surface area contributed by atoms with E-state index in [0.717, 1.165) is 18.8 Å². The van der Waals surface area contributed by atoms with Gasteiger partial charge in [-0.25, -0.2) is 13.1 Å². The molecule has 0 saturated heterocycles. The van der Waals surface area contributed by atoms with Crippen molar-refractivity contribution in [2.24, 2.45) is 0 Å². The van der Waals surface area contributed by atoms with Gasteiger partial charge in [0.2, 0.25) is 10.0 Å². The van der Waals surface area contributed by atoms with Crippen molar-refractivity contribution in [2.75, 3.05) is 13.1 Å². The lowest BCUT2D eigenvalue weighted by Crippen LogP contribution is -2.36. The van der Waals surface area contributed by atoms with Crippen molar-refractivity contribution in [1.29, 1.82) is 0 Å². The highest BCUT2D eigenvalue weighted by Crippen LogP contribution is 2.17. The summed E-state index contributed by atoms with van der Waals surface area (Å²) in [5.41, 5.74) is 1.14. The minimum Gasteiger partial charge on any atom is -0.309 e. The topological polar surface area (TPSA) is 76.0 Å². The largest absolute Gasteiger partial charge is 0.309 e. The van der Waals surface area contributed by atoms with Crippen LogP contribution in [-0.2, 0) is 16.6 Å². The highest BCUT2D eigenvalue weighted by Gasteiger charge is 2.20. The molecule has 0 saturated carbocycles. The second-order valence-corrected chi connectivity index (χ2v) is 6.82. The molecule has 7 heteroatoms. The molecule has 112 valence electrons. The summed E-state index contributed by atoms with van der Waals surface area (Å²) in [6.07, 6.45) is 2.48. The Hall–Kier alpha value is -1.70. The number of sulfonamides is 1. The third-order valence-electron chi connectivity index (χ3n) is 3.61. The average molecular weight is 306 g/mol. The Bertz CT molecular complexity index is 697. The van der Waals surface area contributed by atoms with Crippen molar-refractivity contribution in [3.63, 3.8) is 0 Å². The molecule has 0 amide bonds. The second-order valence-electron chi connectivity index (χ2n) is 5.05. The fraction of sp³-hybridized carbons (Fsp3) is 0.357. The zero-order valence-corrected chi connectivity index (χ0v) is 12.4. The molecule has 2 N–H and O–H groups in total. The molecule has 1 aliphatic rings. The summed E-state index contributed by atoms with van der Waals surface area (Å²) in [7, 11) is -3.43. The fourth-order valence-electron chi connectivity index (χ4n) is 2.53. The molecule has 6 nitrogen and oxygen atoms in total. The summed E-state index contributed by atoms with van der Waals surface area (Å²) in [5, 5.41) is 7.63. The quantitative estimate of drug-likeness (QED) is 0.860. The predicted octanol–water partition coefficient (Wildman–Crippen LogP) is 0.896. The lowest BCUT2D eigenvalue weighted by atomic mass is 10.1. The first-order chi connectivity index (χ1) is 10.2. The van der Waals surface area contributed by atoms with Gasteiger partial charge in [-0.1, -0.05) is 18.2 Å². The van der Waals surface area contributed by atoms with Crippen LogP contribution in [0.25, 0.3) is 0 Å². The van der Waals surface area contributed by atoms with Gasteiger partial charge in [-0.2, -0.15) is 5.10 Å². The van der Waals surface area contributed by atoms with Gasteiger partial charge in [0.15, 0.2) is 0 Å². The van der Waals surface area contributed by atoms with Crippen LogP contribution < -0.4 is 10.0 Å². The van der Waals surface area contributed by atoms with Gasteiger partial charge < -0.3 is 5.32 Å². The maximum atomic E-state index is 12.1. The van der Waals surface area contributed by atoms with Gasteiger partial charge in [0.1, 0.15) is 0 Å². The molecule has 2 heterocycles. The smallest absolute Gasteiger partial charge is 0.240 e. The molecule has 1 unspecified atom stereocenters. The number of hydrogen-bond acceptors (Lipinski definition) is 4. The van der Waals surface area contributed by atoms with E-state index < -0.39 is 10.0 Å². The molecule has 0 bridgehead atoms. The summed E-state index contributed by atoms with van der Waals surface area (Å²) < 4.78 is 28.9. The number of fused-ring (bicyclic) bond motifs is 1. The number of nitrogens with one attached hydrogen (secondary N) is 2. The molecular weight excluding hydrogens is 288 g/mol. The molecule has 0 spiro atoms. The Morgan fingerprint density at radius 2 is 2.10 bits per heavy atom. The zero-order valence-electron chi connectivity index (χ0n) is 11.6. The van der Waals surface area contributed by atoms with Crippen LogP contribution in [0.2, 0.25) is 0 Å². The molecule has 1 aromatic carbocycles. The molecular formula is C14H18N4O2S. The van der Waals surface area contributed by atoms with Crippen LogP contribution in [0, 0.1) is 0 Å². The average Bonchev–Trinajstić information content (AvgIpc) is 2.97. The fourth-order valence-corrected chi connectivity index (χ4v) is 3.60.